The molecule has 2 aromatic carbocycles. The van der Waals surface area contributed by atoms with Crippen LogP contribution in [0, 0.1) is 5.82 Å². The third-order valence-corrected chi connectivity index (χ3v) is 5.05. The molecule has 6 heteroatoms. The number of para-hydroxylation sites is 1. The van der Waals surface area contributed by atoms with Gasteiger partial charge >= 0.3 is 6.03 Å². The van der Waals surface area contributed by atoms with Gasteiger partial charge < -0.3 is 15.0 Å². The van der Waals surface area contributed by atoms with Crippen LogP contribution in [0.15, 0.2) is 48.5 Å². The molecule has 2 aromatic rings. The van der Waals surface area contributed by atoms with Gasteiger partial charge in [-0.05, 0) is 36.4 Å². The first-order valence-electron chi connectivity index (χ1n) is 8.67. The van der Waals surface area contributed by atoms with Crippen LogP contribution in [0.2, 0.25) is 0 Å². The maximum atomic E-state index is 13.0. The number of hydrogen-bond donors (Lipinski definition) is 1. The first-order chi connectivity index (χ1) is 12.5. The standard InChI is InChI=1S/C20H19FN2O3/c21-14-5-7-15(8-6-14)22-19(25)23-11-9-20(10-12-23)13-17(24)16-3-1-2-4-18(16)26-20/h1-8H,9-13H2,(H,22,25). The lowest BCUT2D eigenvalue weighted by molar-refractivity contribution is 0.000389. The number of anilines is 1. The van der Waals surface area contributed by atoms with Crippen LogP contribution in [0.4, 0.5) is 14.9 Å². The molecule has 0 radical (unpaired) electrons. The van der Waals surface area contributed by atoms with Gasteiger partial charge in [-0.2, -0.15) is 0 Å². The van der Waals surface area contributed by atoms with E-state index in [1.54, 1.807) is 11.0 Å². The van der Waals surface area contributed by atoms with Crippen molar-refractivity contribution < 1.29 is 18.7 Å². The number of halogens is 1. The summed E-state index contributed by atoms with van der Waals surface area (Å²) in [7, 11) is 0. The molecular formula is C20H19FN2O3. The van der Waals surface area contributed by atoms with Gasteiger partial charge in [0.15, 0.2) is 5.78 Å². The summed E-state index contributed by atoms with van der Waals surface area (Å²) < 4.78 is 19.1. The van der Waals surface area contributed by atoms with Gasteiger partial charge in [-0.15, -0.1) is 0 Å². The maximum absolute atomic E-state index is 13.0. The number of nitrogens with one attached hydrogen (secondary N) is 1. The largest absolute Gasteiger partial charge is 0.486 e. The van der Waals surface area contributed by atoms with E-state index in [0.29, 0.717) is 49.4 Å². The highest BCUT2D eigenvalue weighted by Crippen LogP contribution is 2.39. The second kappa shape index (κ2) is 6.44. The predicted molar refractivity (Wildman–Crippen MR) is 95.0 cm³/mol. The number of urea groups is 1. The summed E-state index contributed by atoms with van der Waals surface area (Å²) in [5.74, 6) is 0.381. The number of rotatable bonds is 1. The van der Waals surface area contributed by atoms with Crippen molar-refractivity contribution in [2.45, 2.75) is 24.9 Å². The Morgan fingerprint density at radius 3 is 2.50 bits per heavy atom. The highest BCUT2D eigenvalue weighted by molar-refractivity contribution is 6.00. The minimum absolute atomic E-state index is 0.0936. The fraction of sp³-hybridized carbons (Fsp3) is 0.300. The van der Waals surface area contributed by atoms with Crippen molar-refractivity contribution in [3.05, 3.63) is 59.9 Å². The minimum Gasteiger partial charge on any atom is -0.486 e. The highest BCUT2D eigenvalue weighted by atomic mass is 19.1. The number of ketones is 1. The van der Waals surface area contributed by atoms with Gasteiger partial charge in [0.1, 0.15) is 17.2 Å². The van der Waals surface area contributed by atoms with E-state index in [1.807, 2.05) is 18.2 Å². The number of piperidine rings is 1. The molecule has 0 atom stereocenters. The molecule has 2 aliphatic rings. The number of hydrogen-bond acceptors (Lipinski definition) is 3. The Hall–Kier alpha value is -2.89. The van der Waals surface area contributed by atoms with Gasteiger partial charge in [-0.1, -0.05) is 12.1 Å². The second-order valence-corrected chi connectivity index (χ2v) is 6.81. The Labute approximate surface area is 150 Å². The number of amides is 2. The molecule has 0 bridgehead atoms. The van der Waals surface area contributed by atoms with Gasteiger partial charge in [0.25, 0.3) is 0 Å². The van der Waals surface area contributed by atoms with E-state index >= 15 is 0 Å². The van der Waals surface area contributed by atoms with Crippen molar-refractivity contribution in [1.29, 1.82) is 0 Å². The zero-order valence-electron chi connectivity index (χ0n) is 14.2. The fourth-order valence-corrected chi connectivity index (χ4v) is 3.58. The van der Waals surface area contributed by atoms with Gasteiger partial charge in [0, 0.05) is 31.6 Å². The van der Waals surface area contributed by atoms with Crippen LogP contribution in [0.25, 0.3) is 0 Å². The van der Waals surface area contributed by atoms with Crippen molar-refractivity contribution in [1.82, 2.24) is 4.90 Å². The van der Waals surface area contributed by atoms with Crippen LogP contribution >= 0.6 is 0 Å². The number of nitrogens with zero attached hydrogens (tertiary/aromatic N) is 1. The van der Waals surface area contributed by atoms with E-state index < -0.39 is 5.60 Å². The van der Waals surface area contributed by atoms with E-state index in [-0.39, 0.29) is 17.6 Å². The number of fused-ring (bicyclic) bond motifs is 1. The Kier molecular flexibility index (Phi) is 4.11. The lowest BCUT2D eigenvalue weighted by Gasteiger charge is -2.43. The highest BCUT2D eigenvalue weighted by Gasteiger charge is 2.43. The average molecular weight is 354 g/mol. The molecule has 5 nitrogen and oxygen atoms in total. The molecule has 4 rings (SSSR count). The van der Waals surface area contributed by atoms with E-state index in [1.165, 1.54) is 24.3 Å². The van der Waals surface area contributed by atoms with E-state index in [0.717, 1.165) is 0 Å². The van der Waals surface area contributed by atoms with Crippen LogP contribution < -0.4 is 10.1 Å². The van der Waals surface area contributed by atoms with Gasteiger partial charge in [-0.25, -0.2) is 9.18 Å². The average Bonchev–Trinajstić information content (AvgIpc) is 2.64. The summed E-state index contributed by atoms with van der Waals surface area (Å²) in [6, 6.07) is 12.7. The van der Waals surface area contributed by atoms with E-state index in [4.69, 9.17) is 4.74 Å². The van der Waals surface area contributed by atoms with Gasteiger partial charge in [0.05, 0.1) is 12.0 Å². The predicted octanol–water partition coefficient (Wildman–Crippen LogP) is 3.86. The number of carbonyl (C=O) groups is 2. The quantitative estimate of drug-likeness (QED) is 0.846. The lowest BCUT2D eigenvalue weighted by Crippen LogP contribution is -2.53. The van der Waals surface area contributed by atoms with Crippen LogP contribution in [-0.2, 0) is 0 Å². The Bertz CT molecular complexity index is 842. The monoisotopic (exact) mass is 354 g/mol. The van der Waals surface area contributed by atoms with Crippen molar-refractivity contribution in [3.8, 4) is 5.75 Å². The number of benzene rings is 2. The molecule has 2 heterocycles. The molecule has 134 valence electrons. The molecular weight excluding hydrogens is 335 g/mol. The molecule has 26 heavy (non-hydrogen) atoms. The second-order valence-electron chi connectivity index (χ2n) is 6.81. The van der Waals surface area contributed by atoms with Crippen LogP contribution in [-0.4, -0.2) is 35.4 Å². The summed E-state index contributed by atoms with van der Waals surface area (Å²) in [5, 5.41) is 2.77. The van der Waals surface area contributed by atoms with Gasteiger partial charge in [-0.3, -0.25) is 4.79 Å². The third-order valence-electron chi connectivity index (χ3n) is 5.05. The molecule has 0 saturated carbocycles. The molecule has 2 amide bonds. The van der Waals surface area contributed by atoms with E-state index in [9.17, 15) is 14.0 Å². The first-order valence-corrected chi connectivity index (χ1v) is 8.67. The smallest absolute Gasteiger partial charge is 0.321 e. The van der Waals surface area contributed by atoms with E-state index in [2.05, 4.69) is 5.32 Å². The summed E-state index contributed by atoms with van der Waals surface area (Å²) in [6.07, 6.45) is 1.55. The maximum Gasteiger partial charge on any atom is 0.321 e. The van der Waals surface area contributed by atoms with Crippen molar-refractivity contribution in [2.75, 3.05) is 18.4 Å². The number of carbonyl (C=O) groups excluding carboxylic acids is 2. The normalized spacial score (nSPS) is 18.2. The molecule has 0 aromatic heterocycles. The number of ether oxygens (including phenoxy) is 1. The summed E-state index contributed by atoms with van der Waals surface area (Å²) >= 11 is 0. The molecule has 0 unspecified atom stereocenters. The van der Waals surface area contributed by atoms with Crippen LogP contribution in [0.5, 0.6) is 5.75 Å². The van der Waals surface area contributed by atoms with Crippen LogP contribution in [0.1, 0.15) is 29.6 Å². The Morgan fingerprint density at radius 1 is 1.08 bits per heavy atom. The number of Topliss-reactive ketones (excluding diaryl/α,β-unsaturated/α-hetero) is 1. The molecule has 1 N–H and O–H groups in total. The topological polar surface area (TPSA) is 58.6 Å². The van der Waals surface area contributed by atoms with Crippen LogP contribution in [0.3, 0.4) is 0 Å². The van der Waals surface area contributed by atoms with Gasteiger partial charge in [0.2, 0.25) is 0 Å². The first kappa shape index (κ1) is 16.6. The summed E-state index contributed by atoms with van der Waals surface area (Å²) in [6.45, 7) is 1.00. The molecule has 0 aliphatic carbocycles. The van der Waals surface area contributed by atoms with Crippen molar-refractivity contribution >= 4 is 17.5 Å². The zero-order chi connectivity index (χ0) is 18.1. The molecule has 1 spiro atoms. The fourth-order valence-electron chi connectivity index (χ4n) is 3.58. The Balaban J connectivity index is 1.40. The number of likely N-dealkylation sites (tertiary alicyclic amines) is 1. The minimum atomic E-state index is -0.530. The molecule has 1 saturated heterocycles. The summed E-state index contributed by atoms with van der Waals surface area (Å²) in [5.41, 5.74) is 0.655. The lowest BCUT2D eigenvalue weighted by atomic mass is 9.82. The van der Waals surface area contributed by atoms with Crippen molar-refractivity contribution in [3.63, 3.8) is 0 Å². The zero-order valence-corrected chi connectivity index (χ0v) is 14.2. The third kappa shape index (κ3) is 3.14. The Morgan fingerprint density at radius 2 is 1.77 bits per heavy atom. The molecule has 1 fully saturated rings. The molecule has 2 aliphatic heterocycles. The van der Waals surface area contributed by atoms with Crippen molar-refractivity contribution in [2.24, 2.45) is 0 Å². The summed E-state index contributed by atoms with van der Waals surface area (Å²) in [4.78, 5) is 26.5. The SMILES string of the molecule is O=C1CC2(CCN(C(=O)Nc3ccc(F)cc3)CC2)Oc2ccccc21.